The van der Waals surface area contributed by atoms with Gasteiger partial charge in [-0.2, -0.15) is 0 Å². The van der Waals surface area contributed by atoms with Crippen molar-refractivity contribution in [2.24, 2.45) is 5.92 Å². The minimum atomic E-state index is -0.993. The van der Waals surface area contributed by atoms with Crippen LogP contribution in [0.1, 0.15) is 12.8 Å². The van der Waals surface area contributed by atoms with E-state index in [0.29, 0.717) is 5.92 Å². The molecular weight excluding hydrogens is 140 g/mol. The minimum Gasteiger partial charge on any atom is -0.393 e. The molecule has 0 aromatic rings. The van der Waals surface area contributed by atoms with E-state index in [2.05, 4.69) is 19.6 Å². The quantitative estimate of drug-likeness (QED) is 0.624. The van der Waals surface area contributed by atoms with E-state index >= 15 is 0 Å². The van der Waals surface area contributed by atoms with Crippen LogP contribution in [0.3, 0.4) is 0 Å². The van der Waals surface area contributed by atoms with E-state index in [1.807, 2.05) is 0 Å². The lowest BCUT2D eigenvalue weighted by Gasteiger charge is -2.19. The maximum absolute atomic E-state index is 9.56. The van der Waals surface area contributed by atoms with Gasteiger partial charge in [0.2, 0.25) is 0 Å². The molecular formula is C8H18OSi. The van der Waals surface area contributed by atoms with Gasteiger partial charge in [0, 0.05) is 8.07 Å². The second-order valence-corrected chi connectivity index (χ2v) is 10.2. The average molecular weight is 158 g/mol. The summed E-state index contributed by atoms with van der Waals surface area (Å²) in [4.78, 5) is 0. The Labute approximate surface area is 64.5 Å². The van der Waals surface area contributed by atoms with Crippen LogP contribution in [-0.2, 0) is 0 Å². The summed E-state index contributed by atoms with van der Waals surface area (Å²) in [6.07, 6.45) is 2.57. The second-order valence-electron chi connectivity index (χ2n) is 4.67. The molecule has 0 radical (unpaired) electrons. The van der Waals surface area contributed by atoms with Gasteiger partial charge >= 0.3 is 0 Å². The topological polar surface area (TPSA) is 20.2 Å². The molecule has 1 atom stereocenters. The van der Waals surface area contributed by atoms with Gasteiger partial charge in [0.05, 0.1) is 6.10 Å². The Bertz CT molecular complexity index is 113. The first-order valence-corrected chi connectivity index (χ1v) is 7.88. The molecule has 0 aromatic heterocycles. The third-order valence-corrected chi connectivity index (χ3v) is 3.63. The van der Waals surface area contributed by atoms with Gasteiger partial charge in [0.25, 0.3) is 0 Å². The molecule has 0 aromatic carbocycles. The molecule has 1 rings (SSSR count). The van der Waals surface area contributed by atoms with Crippen LogP contribution in [0.4, 0.5) is 0 Å². The zero-order chi connectivity index (χ0) is 7.78. The lowest BCUT2D eigenvalue weighted by atomic mass is 10.3. The summed E-state index contributed by atoms with van der Waals surface area (Å²) in [5, 5.41) is 9.56. The maximum Gasteiger partial charge on any atom is 0.0545 e. The monoisotopic (exact) mass is 158 g/mol. The second kappa shape index (κ2) is 2.66. The van der Waals surface area contributed by atoms with Crippen molar-refractivity contribution in [1.29, 1.82) is 0 Å². The predicted molar refractivity (Wildman–Crippen MR) is 46.9 cm³/mol. The molecule has 0 saturated heterocycles. The van der Waals surface area contributed by atoms with Crippen LogP contribution in [0.5, 0.6) is 0 Å². The summed E-state index contributed by atoms with van der Waals surface area (Å²) in [5.41, 5.74) is 0. The van der Waals surface area contributed by atoms with Crippen LogP contribution in [-0.4, -0.2) is 19.3 Å². The van der Waals surface area contributed by atoms with E-state index in [1.54, 1.807) is 0 Å². The van der Waals surface area contributed by atoms with Crippen molar-refractivity contribution >= 4 is 8.07 Å². The SMILES string of the molecule is C[Si](C)(C)CC(O)C1CC1. The van der Waals surface area contributed by atoms with Gasteiger partial charge < -0.3 is 5.11 Å². The number of hydrogen-bond acceptors (Lipinski definition) is 1. The molecule has 0 amide bonds. The van der Waals surface area contributed by atoms with E-state index in [1.165, 1.54) is 12.8 Å². The minimum absolute atomic E-state index is 0.0340. The largest absolute Gasteiger partial charge is 0.393 e. The molecule has 1 nitrogen and oxygen atoms in total. The first-order chi connectivity index (χ1) is 4.49. The van der Waals surface area contributed by atoms with Crippen LogP contribution >= 0.6 is 0 Å². The standard InChI is InChI=1S/C8H18OSi/c1-10(2,3)6-8(9)7-4-5-7/h7-9H,4-6H2,1-3H3. The summed E-state index contributed by atoms with van der Waals surface area (Å²) in [5.74, 6) is 0.673. The van der Waals surface area contributed by atoms with Gasteiger partial charge in [-0.05, 0) is 24.8 Å². The lowest BCUT2D eigenvalue weighted by molar-refractivity contribution is 0.169. The Morgan fingerprint density at radius 1 is 1.40 bits per heavy atom. The summed E-state index contributed by atoms with van der Waals surface area (Å²) >= 11 is 0. The van der Waals surface area contributed by atoms with Gasteiger partial charge in [-0.15, -0.1) is 0 Å². The van der Waals surface area contributed by atoms with E-state index in [0.717, 1.165) is 6.04 Å². The fraction of sp³-hybridized carbons (Fsp3) is 1.00. The van der Waals surface area contributed by atoms with Crippen molar-refractivity contribution in [3.8, 4) is 0 Å². The highest BCUT2D eigenvalue weighted by atomic mass is 28.3. The van der Waals surface area contributed by atoms with Crippen molar-refractivity contribution in [3.63, 3.8) is 0 Å². The molecule has 1 aliphatic carbocycles. The first kappa shape index (κ1) is 8.28. The van der Waals surface area contributed by atoms with Gasteiger partial charge in [-0.25, -0.2) is 0 Å². The average Bonchev–Trinajstić information content (AvgIpc) is 2.35. The fourth-order valence-corrected chi connectivity index (χ4v) is 2.86. The Balaban J connectivity index is 2.23. The van der Waals surface area contributed by atoms with Gasteiger partial charge in [0.1, 0.15) is 0 Å². The summed E-state index contributed by atoms with van der Waals surface area (Å²) in [7, 11) is -0.993. The zero-order valence-corrected chi connectivity index (χ0v) is 8.22. The molecule has 2 heteroatoms. The van der Waals surface area contributed by atoms with Crippen molar-refractivity contribution in [1.82, 2.24) is 0 Å². The van der Waals surface area contributed by atoms with Crippen LogP contribution in [0.25, 0.3) is 0 Å². The summed E-state index contributed by atoms with van der Waals surface area (Å²) < 4.78 is 0. The van der Waals surface area contributed by atoms with Crippen LogP contribution in [0.15, 0.2) is 0 Å². The van der Waals surface area contributed by atoms with Crippen molar-refractivity contribution in [3.05, 3.63) is 0 Å². The molecule has 10 heavy (non-hydrogen) atoms. The smallest absolute Gasteiger partial charge is 0.0545 e. The number of hydrogen-bond donors (Lipinski definition) is 1. The van der Waals surface area contributed by atoms with E-state index in [9.17, 15) is 5.11 Å². The van der Waals surface area contributed by atoms with Gasteiger partial charge in [-0.1, -0.05) is 19.6 Å². The van der Waals surface area contributed by atoms with Crippen LogP contribution in [0, 0.1) is 5.92 Å². The highest BCUT2D eigenvalue weighted by Gasteiger charge is 2.32. The number of rotatable bonds is 3. The Hall–Kier alpha value is 0.177. The van der Waals surface area contributed by atoms with E-state index in [-0.39, 0.29) is 6.10 Å². The third kappa shape index (κ3) is 2.84. The Morgan fingerprint density at radius 3 is 2.20 bits per heavy atom. The predicted octanol–water partition coefficient (Wildman–Crippen LogP) is 2.10. The van der Waals surface area contributed by atoms with E-state index < -0.39 is 8.07 Å². The fourth-order valence-electron chi connectivity index (χ4n) is 1.28. The van der Waals surface area contributed by atoms with Crippen molar-refractivity contribution < 1.29 is 5.11 Å². The Kier molecular flexibility index (Phi) is 2.20. The molecule has 1 aliphatic rings. The molecule has 60 valence electrons. The normalized spacial score (nSPS) is 22.8. The molecule has 0 spiro atoms. The molecule has 1 fully saturated rings. The molecule has 0 heterocycles. The highest BCUT2D eigenvalue weighted by Crippen LogP contribution is 2.35. The Morgan fingerprint density at radius 2 is 1.90 bits per heavy atom. The van der Waals surface area contributed by atoms with Crippen molar-refractivity contribution in [2.45, 2.75) is 44.6 Å². The molecule has 1 unspecified atom stereocenters. The van der Waals surface area contributed by atoms with Crippen LogP contribution in [0.2, 0.25) is 25.7 Å². The third-order valence-electron chi connectivity index (χ3n) is 1.99. The first-order valence-electron chi connectivity index (χ1n) is 4.17. The molecule has 1 N–H and O–H groups in total. The van der Waals surface area contributed by atoms with Gasteiger partial charge in [-0.3, -0.25) is 0 Å². The lowest BCUT2D eigenvalue weighted by Crippen LogP contribution is -2.27. The van der Waals surface area contributed by atoms with Crippen LogP contribution < -0.4 is 0 Å². The highest BCUT2D eigenvalue weighted by molar-refractivity contribution is 6.76. The number of aliphatic hydroxyl groups is 1. The summed E-state index contributed by atoms with van der Waals surface area (Å²) in [6.45, 7) is 6.95. The molecule has 1 saturated carbocycles. The number of aliphatic hydroxyl groups excluding tert-OH is 1. The molecule has 0 aliphatic heterocycles. The van der Waals surface area contributed by atoms with E-state index in [4.69, 9.17) is 0 Å². The molecule has 0 bridgehead atoms. The zero-order valence-electron chi connectivity index (χ0n) is 7.22. The van der Waals surface area contributed by atoms with Gasteiger partial charge in [0.15, 0.2) is 0 Å². The maximum atomic E-state index is 9.56. The van der Waals surface area contributed by atoms with Crippen molar-refractivity contribution in [2.75, 3.05) is 0 Å². The summed E-state index contributed by atoms with van der Waals surface area (Å²) in [6, 6.07) is 1.09.